The van der Waals surface area contributed by atoms with Crippen molar-refractivity contribution in [2.45, 2.75) is 38.8 Å². The smallest absolute Gasteiger partial charge is 0.319 e. The highest BCUT2D eigenvalue weighted by molar-refractivity contribution is 6.07. The van der Waals surface area contributed by atoms with Crippen molar-refractivity contribution in [3.05, 3.63) is 35.9 Å². The van der Waals surface area contributed by atoms with Crippen LogP contribution in [0.15, 0.2) is 30.3 Å². The lowest BCUT2D eigenvalue weighted by atomic mass is 9.92. The molecular formula is C16H23N3O2. The van der Waals surface area contributed by atoms with E-state index in [1.54, 1.807) is 6.92 Å². The third-order valence-corrected chi connectivity index (χ3v) is 3.62. The first kappa shape index (κ1) is 15.5. The van der Waals surface area contributed by atoms with Gasteiger partial charge in [0.25, 0.3) is 5.91 Å². The Morgan fingerprint density at radius 3 is 2.38 bits per heavy atom. The summed E-state index contributed by atoms with van der Waals surface area (Å²) in [6.45, 7) is 8.84. The van der Waals surface area contributed by atoms with Gasteiger partial charge < -0.3 is 10.6 Å². The first-order chi connectivity index (χ1) is 9.74. The molecule has 1 unspecified atom stereocenters. The SMILES string of the molecule is CC(C)(C)NCCN1C(=O)NC(C)(c2ccccc2)C1=O. The van der Waals surface area contributed by atoms with Crippen LogP contribution in [0, 0.1) is 0 Å². The largest absolute Gasteiger partial charge is 0.325 e. The van der Waals surface area contributed by atoms with Crippen LogP contribution in [0.3, 0.4) is 0 Å². The van der Waals surface area contributed by atoms with Crippen LogP contribution in [0.1, 0.15) is 33.3 Å². The predicted octanol–water partition coefficient (Wildman–Crippen LogP) is 1.84. The van der Waals surface area contributed by atoms with E-state index in [9.17, 15) is 9.59 Å². The third kappa shape index (κ3) is 3.24. The summed E-state index contributed by atoms with van der Waals surface area (Å²) < 4.78 is 0. The number of amides is 3. The van der Waals surface area contributed by atoms with Crippen molar-refractivity contribution in [1.82, 2.24) is 15.5 Å². The van der Waals surface area contributed by atoms with E-state index in [0.717, 1.165) is 5.56 Å². The van der Waals surface area contributed by atoms with Gasteiger partial charge in [0.15, 0.2) is 0 Å². The molecule has 5 heteroatoms. The summed E-state index contributed by atoms with van der Waals surface area (Å²) in [4.78, 5) is 26.0. The van der Waals surface area contributed by atoms with Crippen LogP contribution in [-0.4, -0.2) is 35.5 Å². The normalized spacial score (nSPS) is 22.6. The van der Waals surface area contributed by atoms with Gasteiger partial charge in [0.05, 0.1) is 0 Å². The van der Waals surface area contributed by atoms with Crippen LogP contribution < -0.4 is 10.6 Å². The Labute approximate surface area is 125 Å². The molecule has 1 aliphatic heterocycles. The van der Waals surface area contributed by atoms with Gasteiger partial charge in [-0.2, -0.15) is 0 Å². The number of imide groups is 1. The molecule has 0 bridgehead atoms. The van der Waals surface area contributed by atoms with E-state index >= 15 is 0 Å². The number of benzene rings is 1. The van der Waals surface area contributed by atoms with Crippen LogP contribution in [0.4, 0.5) is 4.79 Å². The van der Waals surface area contributed by atoms with Crippen molar-refractivity contribution >= 4 is 11.9 Å². The Bertz CT molecular complexity index is 536. The molecular weight excluding hydrogens is 266 g/mol. The zero-order chi connectivity index (χ0) is 15.7. The molecule has 0 aliphatic carbocycles. The summed E-state index contributed by atoms with van der Waals surface area (Å²) in [5.41, 5.74) is -0.211. The van der Waals surface area contributed by atoms with Gasteiger partial charge in [-0.25, -0.2) is 4.79 Å². The molecule has 1 atom stereocenters. The van der Waals surface area contributed by atoms with Crippen LogP contribution >= 0.6 is 0 Å². The van der Waals surface area contributed by atoms with E-state index in [1.807, 2.05) is 51.1 Å². The van der Waals surface area contributed by atoms with E-state index in [2.05, 4.69) is 10.6 Å². The summed E-state index contributed by atoms with van der Waals surface area (Å²) in [5, 5.41) is 6.09. The van der Waals surface area contributed by atoms with Crippen LogP contribution in [0.25, 0.3) is 0 Å². The monoisotopic (exact) mass is 289 g/mol. The highest BCUT2D eigenvalue weighted by Crippen LogP contribution is 2.28. The van der Waals surface area contributed by atoms with E-state index in [-0.39, 0.29) is 17.5 Å². The molecule has 21 heavy (non-hydrogen) atoms. The van der Waals surface area contributed by atoms with E-state index in [0.29, 0.717) is 13.1 Å². The number of carbonyl (C=O) groups is 2. The number of carbonyl (C=O) groups excluding carboxylic acids is 2. The minimum atomic E-state index is -0.972. The lowest BCUT2D eigenvalue weighted by Crippen LogP contribution is -2.44. The van der Waals surface area contributed by atoms with E-state index < -0.39 is 5.54 Å². The second kappa shape index (κ2) is 5.48. The minimum absolute atomic E-state index is 0.0397. The zero-order valence-electron chi connectivity index (χ0n) is 13.1. The quantitative estimate of drug-likeness (QED) is 0.832. The zero-order valence-corrected chi connectivity index (χ0v) is 13.1. The molecule has 0 radical (unpaired) electrons. The van der Waals surface area contributed by atoms with Crippen molar-refractivity contribution < 1.29 is 9.59 Å². The minimum Gasteiger partial charge on any atom is -0.319 e. The summed E-state index contributed by atoms with van der Waals surface area (Å²) >= 11 is 0. The maximum atomic E-state index is 12.6. The van der Waals surface area contributed by atoms with Crippen molar-refractivity contribution in [1.29, 1.82) is 0 Å². The average molecular weight is 289 g/mol. The first-order valence-electron chi connectivity index (χ1n) is 7.19. The lowest BCUT2D eigenvalue weighted by Gasteiger charge is -2.24. The predicted molar refractivity (Wildman–Crippen MR) is 81.8 cm³/mol. The molecule has 3 amide bonds. The molecule has 1 heterocycles. The standard InChI is InChI=1S/C16H23N3O2/c1-15(2,3)17-10-11-19-13(20)16(4,18-14(19)21)12-8-6-5-7-9-12/h5-9,17H,10-11H2,1-4H3,(H,18,21). The second-order valence-corrected chi connectivity index (χ2v) is 6.55. The summed E-state index contributed by atoms with van der Waals surface area (Å²) in [6.07, 6.45) is 0. The summed E-state index contributed by atoms with van der Waals surface area (Å²) in [7, 11) is 0. The average Bonchev–Trinajstić information content (AvgIpc) is 2.63. The van der Waals surface area contributed by atoms with Gasteiger partial charge in [-0.05, 0) is 33.3 Å². The summed E-state index contributed by atoms with van der Waals surface area (Å²) in [6, 6.07) is 9.00. The maximum absolute atomic E-state index is 12.6. The van der Waals surface area contributed by atoms with Crippen molar-refractivity contribution in [2.24, 2.45) is 0 Å². The lowest BCUT2D eigenvalue weighted by molar-refractivity contribution is -0.131. The number of urea groups is 1. The van der Waals surface area contributed by atoms with Crippen molar-refractivity contribution in [3.63, 3.8) is 0 Å². The Hall–Kier alpha value is -1.88. The molecule has 2 N–H and O–H groups in total. The molecule has 0 saturated carbocycles. The van der Waals surface area contributed by atoms with Gasteiger partial charge >= 0.3 is 6.03 Å². The molecule has 5 nitrogen and oxygen atoms in total. The van der Waals surface area contributed by atoms with Crippen LogP contribution in [0.2, 0.25) is 0 Å². The Morgan fingerprint density at radius 1 is 1.19 bits per heavy atom. The number of hydrogen-bond donors (Lipinski definition) is 2. The van der Waals surface area contributed by atoms with Gasteiger partial charge in [0.1, 0.15) is 5.54 Å². The fourth-order valence-corrected chi connectivity index (χ4v) is 2.41. The molecule has 1 saturated heterocycles. The second-order valence-electron chi connectivity index (χ2n) is 6.55. The number of nitrogens with zero attached hydrogens (tertiary/aromatic N) is 1. The molecule has 1 aromatic carbocycles. The molecule has 0 aromatic heterocycles. The molecule has 1 aromatic rings. The fraction of sp³-hybridized carbons (Fsp3) is 0.500. The van der Waals surface area contributed by atoms with Gasteiger partial charge in [-0.15, -0.1) is 0 Å². The Kier molecular flexibility index (Phi) is 4.05. The molecule has 114 valence electrons. The van der Waals surface area contributed by atoms with Gasteiger partial charge in [0, 0.05) is 18.6 Å². The summed E-state index contributed by atoms with van der Waals surface area (Å²) in [5.74, 6) is -0.200. The van der Waals surface area contributed by atoms with E-state index in [1.165, 1.54) is 4.90 Å². The van der Waals surface area contributed by atoms with Gasteiger partial charge in [-0.3, -0.25) is 9.69 Å². The molecule has 1 aliphatic rings. The topological polar surface area (TPSA) is 61.4 Å². The molecule has 0 spiro atoms. The maximum Gasteiger partial charge on any atom is 0.325 e. The van der Waals surface area contributed by atoms with E-state index in [4.69, 9.17) is 0 Å². The van der Waals surface area contributed by atoms with Crippen molar-refractivity contribution in [2.75, 3.05) is 13.1 Å². The molecule has 2 rings (SSSR count). The Balaban J connectivity index is 2.10. The third-order valence-electron chi connectivity index (χ3n) is 3.62. The number of rotatable bonds is 4. The van der Waals surface area contributed by atoms with Crippen LogP contribution in [0.5, 0.6) is 0 Å². The first-order valence-corrected chi connectivity index (χ1v) is 7.19. The fourth-order valence-electron chi connectivity index (χ4n) is 2.41. The Morgan fingerprint density at radius 2 is 1.81 bits per heavy atom. The van der Waals surface area contributed by atoms with Crippen LogP contribution in [-0.2, 0) is 10.3 Å². The van der Waals surface area contributed by atoms with Gasteiger partial charge in [-0.1, -0.05) is 30.3 Å². The molecule has 1 fully saturated rings. The van der Waals surface area contributed by atoms with Gasteiger partial charge in [0.2, 0.25) is 0 Å². The highest BCUT2D eigenvalue weighted by atomic mass is 16.2. The van der Waals surface area contributed by atoms with Crippen molar-refractivity contribution in [3.8, 4) is 0 Å². The number of nitrogens with one attached hydrogen (secondary N) is 2. The highest BCUT2D eigenvalue weighted by Gasteiger charge is 2.48. The number of hydrogen-bond acceptors (Lipinski definition) is 3.